The first kappa shape index (κ1) is 14.0. The van der Waals surface area contributed by atoms with Crippen molar-refractivity contribution in [2.75, 3.05) is 27.2 Å². The summed E-state index contributed by atoms with van der Waals surface area (Å²) in [5.74, 6) is 0. The van der Waals surface area contributed by atoms with Crippen molar-refractivity contribution in [2.45, 2.75) is 18.9 Å². The number of piperidine rings is 1. The highest BCUT2D eigenvalue weighted by Gasteiger charge is 2.13. The zero-order valence-electron chi connectivity index (χ0n) is 7.17. The Morgan fingerprint density at radius 3 is 2.18 bits per heavy atom. The van der Waals surface area contributed by atoms with Crippen molar-refractivity contribution in [1.29, 1.82) is 0 Å². The van der Waals surface area contributed by atoms with Crippen LogP contribution >= 0.6 is 24.8 Å². The number of nitrogens with zero attached hydrogens (tertiary/aromatic N) is 1. The maximum absolute atomic E-state index is 3.37. The summed E-state index contributed by atoms with van der Waals surface area (Å²) in [6.07, 6.45) is 2.70. The first-order valence-corrected chi connectivity index (χ1v) is 3.68. The third-order valence-corrected chi connectivity index (χ3v) is 2.00. The molecule has 1 N–H and O–H groups in total. The molecule has 4 heteroatoms. The molecule has 1 aliphatic heterocycles. The van der Waals surface area contributed by atoms with Crippen LogP contribution in [0, 0.1) is 0 Å². The number of nitrogens with one attached hydrogen (secondary N) is 1. The zero-order chi connectivity index (χ0) is 6.69. The minimum absolute atomic E-state index is 0. The van der Waals surface area contributed by atoms with Gasteiger partial charge < -0.3 is 10.2 Å². The lowest BCUT2D eigenvalue weighted by Crippen LogP contribution is -2.42. The SMILES string of the molecule is CN(C)C1CCCNC1.Cl.Cl. The van der Waals surface area contributed by atoms with Crippen LogP contribution in [0.15, 0.2) is 0 Å². The minimum atomic E-state index is 0. The van der Waals surface area contributed by atoms with Gasteiger partial charge in [0.2, 0.25) is 0 Å². The van der Waals surface area contributed by atoms with Gasteiger partial charge in [0.05, 0.1) is 0 Å². The Hall–Kier alpha value is 0.500. The largest absolute Gasteiger partial charge is 0.315 e. The lowest BCUT2D eigenvalue weighted by Gasteiger charge is -2.28. The smallest absolute Gasteiger partial charge is 0.0215 e. The molecule has 2 nitrogen and oxygen atoms in total. The van der Waals surface area contributed by atoms with Gasteiger partial charge in [-0.3, -0.25) is 0 Å². The summed E-state index contributed by atoms with van der Waals surface area (Å²) < 4.78 is 0. The van der Waals surface area contributed by atoms with Crippen LogP contribution in [0.2, 0.25) is 0 Å². The van der Waals surface area contributed by atoms with Crippen molar-refractivity contribution in [2.24, 2.45) is 0 Å². The molecule has 70 valence electrons. The summed E-state index contributed by atoms with van der Waals surface area (Å²) in [7, 11) is 4.30. The van der Waals surface area contributed by atoms with Crippen LogP contribution in [-0.2, 0) is 0 Å². The van der Waals surface area contributed by atoms with Gasteiger partial charge in [-0.1, -0.05) is 0 Å². The van der Waals surface area contributed by atoms with Gasteiger partial charge in [0.1, 0.15) is 0 Å². The van der Waals surface area contributed by atoms with E-state index >= 15 is 0 Å². The summed E-state index contributed by atoms with van der Waals surface area (Å²) in [6, 6.07) is 0.777. The lowest BCUT2D eigenvalue weighted by molar-refractivity contribution is 0.242. The van der Waals surface area contributed by atoms with Gasteiger partial charge >= 0.3 is 0 Å². The van der Waals surface area contributed by atoms with Gasteiger partial charge in [0, 0.05) is 12.6 Å². The van der Waals surface area contributed by atoms with Crippen LogP contribution in [0.4, 0.5) is 0 Å². The molecule has 1 fully saturated rings. The van der Waals surface area contributed by atoms with E-state index < -0.39 is 0 Å². The summed E-state index contributed by atoms with van der Waals surface area (Å²) in [5.41, 5.74) is 0. The van der Waals surface area contributed by atoms with Crippen LogP contribution in [-0.4, -0.2) is 38.1 Å². The molecule has 0 aromatic carbocycles. The monoisotopic (exact) mass is 200 g/mol. The summed E-state index contributed by atoms with van der Waals surface area (Å²) >= 11 is 0. The zero-order valence-corrected chi connectivity index (χ0v) is 8.80. The predicted molar refractivity (Wildman–Crippen MR) is 54.1 cm³/mol. The Balaban J connectivity index is 0. The highest BCUT2D eigenvalue weighted by molar-refractivity contribution is 5.85. The molecule has 1 heterocycles. The fourth-order valence-electron chi connectivity index (χ4n) is 1.27. The average Bonchev–Trinajstić information content (AvgIpc) is 1.90. The quantitative estimate of drug-likeness (QED) is 0.684. The molecule has 0 radical (unpaired) electrons. The van der Waals surface area contributed by atoms with Crippen molar-refractivity contribution < 1.29 is 0 Å². The van der Waals surface area contributed by atoms with E-state index in [2.05, 4.69) is 24.3 Å². The Morgan fingerprint density at radius 2 is 1.91 bits per heavy atom. The number of rotatable bonds is 1. The number of likely N-dealkylation sites (N-methyl/N-ethyl adjacent to an activating group) is 1. The van der Waals surface area contributed by atoms with E-state index in [1.165, 1.54) is 25.9 Å². The van der Waals surface area contributed by atoms with E-state index in [0.717, 1.165) is 6.04 Å². The third kappa shape index (κ3) is 4.86. The normalized spacial score (nSPS) is 23.7. The minimum Gasteiger partial charge on any atom is -0.315 e. The molecule has 1 aliphatic rings. The van der Waals surface area contributed by atoms with E-state index in [9.17, 15) is 0 Å². The number of hydrogen-bond acceptors (Lipinski definition) is 2. The van der Waals surface area contributed by atoms with Gasteiger partial charge in [-0.15, -0.1) is 24.8 Å². The molecule has 0 spiro atoms. The van der Waals surface area contributed by atoms with Gasteiger partial charge in [-0.2, -0.15) is 0 Å². The molecule has 1 atom stereocenters. The molecular weight excluding hydrogens is 183 g/mol. The Kier molecular flexibility index (Phi) is 9.15. The van der Waals surface area contributed by atoms with E-state index in [0.29, 0.717) is 0 Å². The van der Waals surface area contributed by atoms with Crippen molar-refractivity contribution in [1.82, 2.24) is 10.2 Å². The van der Waals surface area contributed by atoms with Crippen LogP contribution in [0.25, 0.3) is 0 Å². The highest BCUT2D eigenvalue weighted by Crippen LogP contribution is 2.05. The fraction of sp³-hybridized carbons (Fsp3) is 1.00. The molecule has 0 aromatic heterocycles. The van der Waals surface area contributed by atoms with E-state index in [1.54, 1.807) is 0 Å². The summed E-state index contributed by atoms with van der Waals surface area (Å²) in [5, 5.41) is 3.37. The second-order valence-electron chi connectivity index (χ2n) is 2.96. The second kappa shape index (κ2) is 7.17. The van der Waals surface area contributed by atoms with Crippen LogP contribution in [0.3, 0.4) is 0 Å². The summed E-state index contributed by atoms with van der Waals surface area (Å²) in [6.45, 7) is 2.39. The Bertz CT molecular complexity index is 82.5. The van der Waals surface area contributed by atoms with Crippen LogP contribution in [0.1, 0.15) is 12.8 Å². The Labute approximate surface area is 81.5 Å². The lowest BCUT2D eigenvalue weighted by atomic mass is 10.1. The second-order valence-corrected chi connectivity index (χ2v) is 2.96. The number of hydrogen-bond donors (Lipinski definition) is 1. The highest BCUT2D eigenvalue weighted by atomic mass is 35.5. The van der Waals surface area contributed by atoms with E-state index in [-0.39, 0.29) is 24.8 Å². The van der Waals surface area contributed by atoms with Crippen molar-refractivity contribution in [3.05, 3.63) is 0 Å². The first-order chi connectivity index (χ1) is 4.30. The molecular formula is C7H18Cl2N2. The van der Waals surface area contributed by atoms with Crippen molar-refractivity contribution >= 4 is 24.8 Å². The van der Waals surface area contributed by atoms with E-state index in [1.807, 2.05) is 0 Å². The van der Waals surface area contributed by atoms with E-state index in [4.69, 9.17) is 0 Å². The van der Waals surface area contributed by atoms with Crippen molar-refractivity contribution in [3.8, 4) is 0 Å². The van der Waals surface area contributed by atoms with Gasteiger partial charge in [0.25, 0.3) is 0 Å². The maximum atomic E-state index is 3.37. The van der Waals surface area contributed by atoms with Crippen LogP contribution in [0.5, 0.6) is 0 Å². The topological polar surface area (TPSA) is 15.3 Å². The first-order valence-electron chi connectivity index (χ1n) is 3.68. The predicted octanol–water partition coefficient (Wildman–Crippen LogP) is 1.14. The molecule has 0 aromatic rings. The molecule has 0 bridgehead atoms. The molecule has 11 heavy (non-hydrogen) atoms. The van der Waals surface area contributed by atoms with Crippen LogP contribution < -0.4 is 5.32 Å². The molecule has 1 unspecified atom stereocenters. The van der Waals surface area contributed by atoms with Gasteiger partial charge in [0.15, 0.2) is 0 Å². The third-order valence-electron chi connectivity index (χ3n) is 2.00. The van der Waals surface area contributed by atoms with Crippen molar-refractivity contribution in [3.63, 3.8) is 0 Å². The summed E-state index contributed by atoms with van der Waals surface area (Å²) in [4.78, 5) is 2.30. The molecule has 0 amide bonds. The average molecular weight is 201 g/mol. The van der Waals surface area contributed by atoms with Gasteiger partial charge in [-0.05, 0) is 33.5 Å². The molecule has 1 rings (SSSR count). The van der Waals surface area contributed by atoms with Gasteiger partial charge in [-0.25, -0.2) is 0 Å². The maximum Gasteiger partial charge on any atom is 0.0215 e. The Morgan fingerprint density at radius 1 is 1.27 bits per heavy atom. The molecule has 0 aliphatic carbocycles. The fourth-order valence-corrected chi connectivity index (χ4v) is 1.27. The molecule has 0 saturated carbocycles. The molecule has 1 saturated heterocycles. The number of halogens is 2. The standard InChI is InChI=1S/C7H16N2.2ClH/c1-9(2)7-4-3-5-8-6-7;;/h7-8H,3-6H2,1-2H3;2*1H.